The number of carbonyl (C=O) groups is 1. The Morgan fingerprint density at radius 1 is 1.35 bits per heavy atom. The second kappa shape index (κ2) is 8.81. The van der Waals surface area contributed by atoms with Crippen molar-refractivity contribution in [2.45, 2.75) is 6.92 Å². The fraction of sp³-hybridized carbons (Fsp3) is 0.333. The number of nitrogens with zero attached hydrogens (tertiary/aromatic N) is 1. The molecular weight excluding hydrogens is 392 g/mol. The zero-order valence-corrected chi connectivity index (χ0v) is 16.7. The lowest BCUT2D eigenvalue weighted by Gasteiger charge is -2.29. The first kappa shape index (κ1) is 19.1. The SMILES string of the molecule is CCOC(=O)c1sc(-c2ccc(Cl)cc2)cc1NC(=S)N1CCOCC1. The summed E-state index contributed by atoms with van der Waals surface area (Å²) in [6.07, 6.45) is 0. The first-order chi connectivity index (χ1) is 12.6. The third kappa shape index (κ3) is 4.54. The molecule has 5 nitrogen and oxygen atoms in total. The van der Waals surface area contributed by atoms with E-state index in [4.69, 9.17) is 33.3 Å². The molecule has 0 amide bonds. The van der Waals surface area contributed by atoms with Gasteiger partial charge in [0.1, 0.15) is 4.88 Å². The second-order valence-electron chi connectivity index (χ2n) is 5.61. The smallest absolute Gasteiger partial charge is 0.350 e. The Kier molecular flexibility index (Phi) is 6.48. The van der Waals surface area contributed by atoms with Crippen molar-refractivity contribution >= 4 is 51.9 Å². The van der Waals surface area contributed by atoms with Crippen molar-refractivity contribution in [1.29, 1.82) is 0 Å². The lowest BCUT2D eigenvalue weighted by Crippen LogP contribution is -2.43. The molecule has 0 saturated carbocycles. The molecule has 1 aromatic heterocycles. The molecule has 1 aliphatic rings. The van der Waals surface area contributed by atoms with Crippen LogP contribution in [0.3, 0.4) is 0 Å². The number of carbonyl (C=O) groups excluding carboxylic acids is 1. The monoisotopic (exact) mass is 410 g/mol. The van der Waals surface area contributed by atoms with Gasteiger partial charge < -0.3 is 19.7 Å². The summed E-state index contributed by atoms with van der Waals surface area (Å²) in [6.45, 7) is 4.86. The highest BCUT2D eigenvalue weighted by Gasteiger charge is 2.21. The van der Waals surface area contributed by atoms with Gasteiger partial charge in [0.15, 0.2) is 5.11 Å². The molecule has 1 fully saturated rings. The molecule has 0 unspecified atom stereocenters. The van der Waals surface area contributed by atoms with E-state index in [0.29, 0.717) is 40.5 Å². The molecular formula is C18H19ClN2O3S2. The van der Waals surface area contributed by atoms with Gasteiger partial charge in [0.25, 0.3) is 0 Å². The zero-order chi connectivity index (χ0) is 18.5. The minimum absolute atomic E-state index is 0.320. The summed E-state index contributed by atoms with van der Waals surface area (Å²) in [5, 5.41) is 4.46. The highest BCUT2D eigenvalue weighted by molar-refractivity contribution is 7.80. The van der Waals surface area contributed by atoms with Crippen LogP contribution in [0.5, 0.6) is 0 Å². The van der Waals surface area contributed by atoms with Crippen LogP contribution in [0.25, 0.3) is 10.4 Å². The van der Waals surface area contributed by atoms with Crippen molar-refractivity contribution in [3.63, 3.8) is 0 Å². The van der Waals surface area contributed by atoms with Crippen LogP contribution in [0.1, 0.15) is 16.6 Å². The van der Waals surface area contributed by atoms with Crippen LogP contribution in [-0.2, 0) is 9.47 Å². The normalized spacial score (nSPS) is 14.2. The average Bonchev–Trinajstić information content (AvgIpc) is 3.07. The maximum atomic E-state index is 12.4. The first-order valence-corrected chi connectivity index (χ1v) is 9.89. The van der Waals surface area contributed by atoms with Crippen LogP contribution in [0.4, 0.5) is 5.69 Å². The van der Waals surface area contributed by atoms with E-state index >= 15 is 0 Å². The number of morpholine rings is 1. The van der Waals surface area contributed by atoms with Gasteiger partial charge in [-0.15, -0.1) is 11.3 Å². The summed E-state index contributed by atoms with van der Waals surface area (Å²) in [6, 6.07) is 9.42. The Morgan fingerprint density at radius 3 is 2.69 bits per heavy atom. The van der Waals surface area contributed by atoms with Crippen molar-refractivity contribution in [2.75, 3.05) is 38.2 Å². The minimum Gasteiger partial charge on any atom is -0.462 e. The Labute approximate surface area is 166 Å². The van der Waals surface area contributed by atoms with Crippen LogP contribution in [0.15, 0.2) is 30.3 Å². The van der Waals surface area contributed by atoms with E-state index in [1.807, 2.05) is 35.2 Å². The van der Waals surface area contributed by atoms with Gasteiger partial charge in [0.2, 0.25) is 0 Å². The average molecular weight is 411 g/mol. The van der Waals surface area contributed by atoms with E-state index in [9.17, 15) is 4.79 Å². The molecule has 1 aromatic carbocycles. The molecule has 1 aliphatic heterocycles. The summed E-state index contributed by atoms with van der Waals surface area (Å²) in [4.78, 5) is 15.9. The van der Waals surface area contributed by atoms with Crippen LogP contribution in [0.2, 0.25) is 5.02 Å². The number of rotatable bonds is 4. The van der Waals surface area contributed by atoms with Crippen molar-refractivity contribution in [3.05, 3.63) is 40.2 Å². The van der Waals surface area contributed by atoms with Gasteiger partial charge in [-0.25, -0.2) is 4.79 Å². The Balaban J connectivity index is 1.87. The molecule has 1 saturated heterocycles. The van der Waals surface area contributed by atoms with Crippen molar-refractivity contribution in [2.24, 2.45) is 0 Å². The quantitative estimate of drug-likeness (QED) is 0.600. The fourth-order valence-corrected chi connectivity index (χ4v) is 3.98. The third-order valence-electron chi connectivity index (χ3n) is 3.86. The van der Waals surface area contributed by atoms with Gasteiger partial charge in [-0.05, 0) is 42.9 Å². The molecule has 0 bridgehead atoms. The maximum Gasteiger partial charge on any atom is 0.350 e. The van der Waals surface area contributed by atoms with Gasteiger partial charge >= 0.3 is 5.97 Å². The summed E-state index contributed by atoms with van der Waals surface area (Å²) in [5.41, 5.74) is 1.64. The number of esters is 1. The van der Waals surface area contributed by atoms with Gasteiger partial charge in [-0.3, -0.25) is 0 Å². The molecule has 8 heteroatoms. The number of anilines is 1. The maximum absolute atomic E-state index is 12.4. The number of thiophene rings is 1. The van der Waals surface area contributed by atoms with Crippen LogP contribution in [0, 0.1) is 0 Å². The highest BCUT2D eigenvalue weighted by atomic mass is 35.5. The van der Waals surface area contributed by atoms with E-state index in [1.54, 1.807) is 6.92 Å². The zero-order valence-electron chi connectivity index (χ0n) is 14.3. The van der Waals surface area contributed by atoms with Gasteiger partial charge in [0, 0.05) is 23.0 Å². The van der Waals surface area contributed by atoms with E-state index in [2.05, 4.69) is 5.32 Å². The summed E-state index contributed by atoms with van der Waals surface area (Å²) >= 11 is 12.8. The van der Waals surface area contributed by atoms with E-state index in [0.717, 1.165) is 23.5 Å². The van der Waals surface area contributed by atoms with Gasteiger partial charge in [-0.1, -0.05) is 23.7 Å². The number of hydrogen-bond acceptors (Lipinski definition) is 5. The fourth-order valence-electron chi connectivity index (χ4n) is 2.55. The predicted molar refractivity (Wildman–Crippen MR) is 109 cm³/mol. The van der Waals surface area contributed by atoms with E-state index in [-0.39, 0.29) is 5.97 Å². The van der Waals surface area contributed by atoms with Gasteiger partial charge in [0.05, 0.1) is 25.5 Å². The number of hydrogen-bond donors (Lipinski definition) is 1. The first-order valence-electron chi connectivity index (χ1n) is 8.29. The van der Waals surface area contributed by atoms with Crippen LogP contribution >= 0.6 is 35.2 Å². The Hall–Kier alpha value is -1.67. The lowest BCUT2D eigenvalue weighted by molar-refractivity contribution is 0.0533. The highest BCUT2D eigenvalue weighted by Crippen LogP contribution is 2.36. The second-order valence-corrected chi connectivity index (χ2v) is 7.49. The minimum atomic E-state index is -0.356. The number of benzene rings is 1. The Bertz CT molecular complexity index is 786. The predicted octanol–water partition coefficient (Wildman–Crippen LogP) is 4.27. The molecule has 0 aliphatic carbocycles. The van der Waals surface area contributed by atoms with Crippen molar-refractivity contribution in [1.82, 2.24) is 4.90 Å². The van der Waals surface area contributed by atoms with E-state index < -0.39 is 0 Å². The summed E-state index contributed by atoms with van der Waals surface area (Å²) in [5.74, 6) is -0.356. The topological polar surface area (TPSA) is 50.8 Å². The number of ether oxygens (including phenoxy) is 2. The number of nitrogens with one attached hydrogen (secondary N) is 1. The lowest BCUT2D eigenvalue weighted by atomic mass is 10.2. The molecule has 26 heavy (non-hydrogen) atoms. The Morgan fingerprint density at radius 2 is 2.04 bits per heavy atom. The molecule has 2 heterocycles. The molecule has 138 valence electrons. The van der Waals surface area contributed by atoms with E-state index in [1.165, 1.54) is 11.3 Å². The summed E-state index contributed by atoms with van der Waals surface area (Å²) in [7, 11) is 0. The van der Waals surface area contributed by atoms with Crippen LogP contribution < -0.4 is 5.32 Å². The third-order valence-corrected chi connectivity index (χ3v) is 5.64. The molecule has 3 rings (SSSR count). The van der Waals surface area contributed by atoms with Crippen LogP contribution in [-0.4, -0.2) is 48.9 Å². The molecule has 1 N–H and O–H groups in total. The largest absolute Gasteiger partial charge is 0.462 e. The molecule has 0 radical (unpaired) electrons. The number of thiocarbonyl (C=S) groups is 1. The van der Waals surface area contributed by atoms with Crippen molar-refractivity contribution in [3.8, 4) is 10.4 Å². The molecule has 0 atom stereocenters. The van der Waals surface area contributed by atoms with Crippen molar-refractivity contribution < 1.29 is 14.3 Å². The summed E-state index contributed by atoms with van der Waals surface area (Å²) < 4.78 is 10.6. The standard InChI is InChI=1S/C18H19ClN2O3S2/c1-2-24-17(22)16-14(20-18(25)21-7-9-23-10-8-21)11-15(26-16)12-3-5-13(19)6-4-12/h3-6,11H,2,7-10H2,1H3,(H,20,25). The van der Waals surface area contributed by atoms with Gasteiger partial charge in [-0.2, -0.15) is 0 Å². The molecule has 0 spiro atoms. The molecule has 2 aromatic rings. The number of halogens is 1.